The van der Waals surface area contributed by atoms with Crippen LogP contribution in [0.1, 0.15) is 12.0 Å². The molecule has 0 saturated carbocycles. The van der Waals surface area contributed by atoms with Crippen LogP contribution in [0.3, 0.4) is 0 Å². The summed E-state index contributed by atoms with van der Waals surface area (Å²) in [5.74, 6) is 0. The van der Waals surface area contributed by atoms with Crippen molar-refractivity contribution >= 4 is 21.6 Å². The van der Waals surface area contributed by atoms with E-state index in [2.05, 4.69) is 19.9 Å². The summed E-state index contributed by atoms with van der Waals surface area (Å²) in [4.78, 5) is 17.1. The Balaban J connectivity index is 1.55. The summed E-state index contributed by atoms with van der Waals surface area (Å²) in [5, 5.41) is 0. The van der Waals surface area contributed by atoms with Crippen molar-refractivity contribution in [1.29, 1.82) is 0 Å². The first kappa shape index (κ1) is 24.6. The van der Waals surface area contributed by atoms with Crippen LogP contribution in [0.25, 0.3) is 39.0 Å². The number of hydrogen-bond acceptors (Lipinski definition) is 6. The molecule has 0 radical (unpaired) electrons. The molecule has 39 heavy (non-hydrogen) atoms. The van der Waals surface area contributed by atoms with Gasteiger partial charge in [-0.1, -0.05) is 0 Å². The first-order chi connectivity index (χ1) is 19.1. The number of nitrogens with zero attached hydrogens (tertiary/aromatic N) is 4. The van der Waals surface area contributed by atoms with E-state index in [1.54, 1.807) is 67.7 Å². The highest BCUT2D eigenvalue weighted by Gasteiger charge is 2.22. The summed E-state index contributed by atoms with van der Waals surface area (Å²) >= 11 is 0. The Bertz CT molecular complexity index is 1740. The van der Waals surface area contributed by atoms with Gasteiger partial charge in [-0.2, -0.15) is 0 Å². The van der Waals surface area contributed by atoms with Crippen LogP contribution in [0, 0.1) is 0 Å². The molecule has 3 aromatic heterocycles. The Morgan fingerprint density at radius 2 is 0.923 bits per heavy atom. The monoisotopic (exact) mass is 528 g/mol. The highest BCUT2D eigenvalue weighted by atomic mass is 32.2. The molecule has 6 rings (SSSR count). The smallest absolute Gasteiger partial charge is 0.206 e. The van der Waals surface area contributed by atoms with Crippen molar-refractivity contribution in [2.45, 2.75) is 16.2 Å². The highest BCUT2D eigenvalue weighted by Crippen LogP contribution is 2.35. The lowest BCUT2D eigenvalue weighted by molar-refractivity contribution is 0.596. The molecule has 0 bridgehead atoms. The van der Waals surface area contributed by atoms with Crippen LogP contribution in [0.15, 0.2) is 131 Å². The van der Waals surface area contributed by atoms with Crippen molar-refractivity contribution in [2.75, 3.05) is 6.54 Å². The van der Waals surface area contributed by atoms with Crippen LogP contribution in [0.2, 0.25) is 0 Å². The second-order valence-corrected chi connectivity index (χ2v) is 11.2. The van der Waals surface area contributed by atoms with E-state index in [1.807, 2.05) is 54.6 Å². The topological polar surface area (TPSA) is 85.2 Å². The van der Waals surface area contributed by atoms with E-state index in [1.165, 1.54) is 0 Å². The van der Waals surface area contributed by atoms with Crippen molar-refractivity contribution in [3.8, 4) is 33.4 Å². The number of sulfone groups is 1. The van der Waals surface area contributed by atoms with E-state index in [0.717, 1.165) is 50.9 Å². The Morgan fingerprint density at radius 3 is 1.33 bits per heavy atom. The van der Waals surface area contributed by atoms with E-state index in [9.17, 15) is 8.42 Å². The highest BCUT2D eigenvalue weighted by molar-refractivity contribution is 7.91. The Hall–Kier alpha value is -4.75. The predicted octanol–water partition coefficient (Wildman–Crippen LogP) is 6.56. The van der Waals surface area contributed by atoms with Gasteiger partial charge in [0.15, 0.2) is 0 Å². The van der Waals surface area contributed by atoms with E-state index >= 15 is 0 Å². The zero-order valence-electron chi connectivity index (χ0n) is 21.0. The summed E-state index contributed by atoms with van der Waals surface area (Å²) < 4.78 is 28.7. The third-order valence-corrected chi connectivity index (χ3v) is 8.45. The number of dihydropyridines is 1. The van der Waals surface area contributed by atoms with Gasteiger partial charge in [-0.25, -0.2) is 8.42 Å². The zero-order chi connectivity index (χ0) is 26.7. The van der Waals surface area contributed by atoms with Gasteiger partial charge in [0.25, 0.3) is 0 Å². The standard InChI is InChI=1S/C32H24N4O2S/c37-39(38,31-19-27(23-1-9-33-10-2-23)17-28(20-31)24-3-11-34-12-4-24)32-21-29(25-5-13-35-14-6-25)18-30(22-32)26-7-15-36-16-8-26/h1-7,9-15,17-22H,8,16H2. The van der Waals surface area contributed by atoms with Crippen molar-refractivity contribution in [1.82, 2.24) is 15.0 Å². The van der Waals surface area contributed by atoms with Gasteiger partial charge < -0.3 is 0 Å². The summed E-state index contributed by atoms with van der Waals surface area (Å²) in [6, 6.07) is 22.3. The number of aromatic nitrogens is 3. The largest absolute Gasteiger partial charge is 0.293 e. The van der Waals surface area contributed by atoms with Gasteiger partial charge in [0.05, 0.1) is 9.79 Å². The van der Waals surface area contributed by atoms with Crippen LogP contribution in [0.4, 0.5) is 0 Å². The molecule has 5 aromatic rings. The van der Waals surface area contributed by atoms with E-state index in [0.29, 0.717) is 6.54 Å². The SMILES string of the molecule is O=S(=O)(c1cc(C2=CC=NCC2)cc(-c2ccncc2)c1)c1cc(-c2ccncc2)cc(-c2ccncc2)c1. The lowest BCUT2D eigenvalue weighted by atomic mass is 9.97. The van der Waals surface area contributed by atoms with Crippen LogP contribution in [0.5, 0.6) is 0 Å². The quantitative estimate of drug-likeness (QED) is 0.249. The average molecular weight is 529 g/mol. The number of pyridine rings is 3. The molecule has 4 heterocycles. The second kappa shape index (κ2) is 10.6. The number of benzene rings is 2. The Morgan fingerprint density at radius 1 is 0.513 bits per heavy atom. The molecule has 0 atom stereocenters. The average Bonchev–Trinajstić information content (AvgIpc) is 3.02. The zero-order valence-corrected chi connectivity index (χ0v) is 21.8. The Labute approximate surface area is 227 Å². The molecule has 1 aliphatic heterocycles. The molecule has 0 fully saturated rings. The number of hydrogen-bond donors (Lipinski definition) is 0. The van der Waals surface area contributed by atoms with E-state index < -0.39 is 9.84 Å². The maximum atomic E-state index is 14.3. The molecular weight excluding hydrogens is 504 g/mol. The summed E-state index contributed by atoms with van der Waals surface area (Å²) in [6.07, 6.45) is 14.7. The first-order valence-corrected chi connectivity index (χ1v) is 14.0. The minimum atomic E-state index is -3.90. The van der Waals surface area contributed by atoms with Crippen LogP contribution >= 0.6 is 0 Å². The molecule has 7 heteroatoms. The minimum absolute atomic E-state index is 0.223. The molecule has 0 saturated heterocycles. The molecular formula is C32H24N4O2S. The van der Waals surface area contributed by atoms with Crippen LogP contribution < -0.4 is 0 Å². The predicted molar refractivity (Wildman–Crippen MR) is 154 cm³/mol. The molecule has 2 aromatic carbocycles. The normalized spacial score (nSPS) is 13.2. The van der Waals surface area contributed by atoms with Crippen molar-refractivity contribution < 1.29 is 8.42 Å². The number of rotatable bonds is 6. The maximum absolute atomic E-state index is 14.3. The van der Waals surface area contributed by atoms with Gasteiger partial charge >= 0.3 is 0 Å². The number of aliphatic imine (C=N–C) groups is 1. The fourth-order valence-corrected chi connectivity index (χ4v) is 6.09. The van der Waals surface area contributed by atoms with E-state index in [-0.39, 0.29) is 9.79 Å². The molecule has 0 N–H and O–H groups in total. The lowest BCUT2D eigenvalue weighted by Gasteiger charge is -2.15. The molecule has 0 aliphatic carbocycles. The van der Waals surface area contributed by atoms with Gasteiger partial charge in [0.1, 0.15) is 0 Å². The van der Waals surface area contributed by atoms with Gasteiger partial charge in [0, 0.05) is 49.9 Å². The van der Waals surface area contributed by atoms with Gasteiger partial charge in [0.2, 0.25) is 9.84 Å². The number of allylic oxidation sites excluding steroid dienone is 1. The fourth-order valence-electron chi connectivity index (χ4n) is 4.69. The summed E-state index contributed by atoms with van der Waals surface area (Å²) in [7, 11) is -3.90. The third-order valence-electron chi connectivity index (χ3n) is 6.74. The van der Waals surface area contributed by atoms with Crippen LogP contribution in [-0.4, -0.2) is 36.1 Å². The fraction of sp³-hybridized carbons (Fsp3) is 0.0625. The van der Waals surface area contributed by atoms with E-state index in [4.69, 9.17) is 0 Å². The van der Waals surface area contributed by atoms with Crippen molar-refractivity contribution in [2.24, 2.45) is 4.99 Å². The lowest BCUT2D eigenvalue weighted by Crippen LogP contribution is -2.05. The third kappa shape index (κ3) is 5.17. The van der Waals surface area contributed by atoms with Crippen molar-refractivity contribution in [3.63, 3.8) is 0 Å². The molecule has 0 spiro atoms. The van der Waals surface area contributed by atoms with Gasteiger partial charge in [-0.05, 0) is 130 Å². The Kier molecular flexibility index (Phi) is 6.65. The summed E-state index contributed by atoms with van der Waals surface area (Å²) in [5.41, 5.74) is 7.00. The second-order valence-electron chi connectivity index (χ2n) is 9.20. The van der Waals surface area contributed by atoms with Crippen molar-refractivity contribution in [3.05, 3.63) is 122 Å². The van der Waals surface area contributed by atoms with Crippen LogP contribution in [-0.2, 0) is 9.84 Å². The molecule has 6 nitrogen and oxygen atoms in total. The minimum Gasteiger partial charge on any atom is -0.293 e. The molecule has 0 amide bonds. The molecule has 0 unspecified atom stereocenters. The first-order valence-electron chi connectivity index (χ1n) is 12.5. The van der Waals surface area contributed by atoms with Gasteiger partial charge in [-0.3, -0.25) is 19.9 Å². The summed E-state index contributed by atoms with van der Waals surface area (Å²) in [6.45, 7) is 0.677. The maximum Gasteiger partial charge on any atom is 0.206 e. The van der Waals surface area contributed by atoms with Gasteiger partial charge in [-0.15, -0.1) is 0 Å². The molecule has 1 aliphatic rings. The molecule has 190 valence electrons.